The Balaban J connectivity index is 1.84. The fourth-order valence-corrected chi connectivity index (χ4v) is 2.25. The lowest BCUT2D eigenvalue weighted by Crippen LogP contribution is -2.17. The van der Waals surface area contributed by atoms with Crippen molar-refractivity contribution >= 4 is 0 Å². The number of halogens is 3. The maximum Gasteiger partial charge on any atom is 0.573 e. The van der Waals surface area contributed by atoms with E-state index in [2.05, 4.69) is 4.74 Å². The van der Waals surface area contributed by atoms with Gasteiger partial charge in [-0.3, -0.25) is 0 Å². The van der Waals surface area contributed by atoms with Gasteiger partial charge in [-0.2, -0.15) is 0 Å². The molecule has 22 heavy (non-hydrogen) atoms. The van der Waals surface area contributed by atoms with Gasteiger partial charge in [0.1, 0.15) is 5.75 Å². The Morgan fingerprint density at radius 2 is 1.77 bits per heavy atom. The molecule has 0 aliphatic carbocycles. The van der Waals surface area contributed by atoms with Crippen molar-refractivity contribution in [2.24, 2.45) is 5.73 Å². The Morgan fingerprint density at radius 1 is 1.05 bits per heavy atom. The Hall–Kier alpha value is -2.41. The van der Waals surface area contributed by atoms with E-state index in [9.17, 15) is 13.2 Å². The standard InChI is InChI=1S/C15H12F3NO3/c16-15(17,18)22-10-6-4-9(5-7-10)13(19)11-2-1-3-12-14(11)21-8-20-12/h1-7,13H,8,19H2/t13-/m1/s1. The first kappa shape index (κ1) is 14.5. The molecule has 116 valence electrons. The summed E-state index contributed by atoms with van der Waals surface area (Å²) in [5.41, 5.74) is 7.51. The molecule has 1 aliphatic heterocycles. The number of alkyl halides is 3. The molecule has 1 heterocycles. The second-order valence-corrected chi connectivity index (χ2v) is 4.68. The third-order valence-electron chi connectivity index (χ3n) is 3.23. The van der Waals surface area contributed by atoms with E-state index in [1.807, 2.05) is 0 Å². The van der Waals surface area contributed by atoms with Crippen LogP contribution in [0.1, 0.15) is 17.2 Å². The molecule has 2 N–H and O–H groups in total. The van der Waals surface area contributed by atoms with Gasteiger partial charge in [0, 0.05) is 5.56 Å². The van der Waals surface area contributed by atoms with Crippen molar-refractivity contribution in [3.05, 3.63) is 53.6 Å². The summed E-state index contributed by atoms with van der Waals surface area (Å²) < 4.78 is 50.9. The molecule has 0 aromatic heterocycles. The molecule has 0 spiro atoms. The number of fused-ring (bicyclic) bond motifs is 1. The van der Waals surface area contributed by atoms with Gasteiger partial charge in [-0.15, -0.1) is 13.2 Å². The molecule has 2 aromatic rings. The third-order valence-corrected chi connectivity index (χ3v) is 3.23. The van der Waals surface area contributed by atoms with E-state index >= 15 is 0 Å². The largest absolute Gasteiger partial charge is 0.573 e. The zero-order valence-electron chi connectivity index (χ0n) is 11.3. The van der Waals surface area contributed by atoms with Crippen LogP contribution in [-0.4, -0.2) is 13.2 Å². The first-order valence-electron chi connectivity index (χ1n) is 6.44. The highest BCUT2D eigenvalue weighted by atomic mass is 19.4. The van der Waals surface area contributed by atoms with Gasteiger partial charge < -0.3 is 19.9 Å². The van der Waals surface area contributed by atoms with Gasteiger partial charge in [-0.25, -0.2) is 0 Å². The molecule has 0 saturated carbocycles. The van der Waals surface area contributed by atoms with Crippen molar-refractivity contribution in [3.8, 4) is 17.2 Å². The van der Waals surface area contributed by atoms with Crippen LogP contribution in [0.2, 0.25) is 0 Å². The van der Waals surface area contributed by atoms with Gasteiger partial charge in [-0.05, 0) is 23.8 Å². The minimum absolute atomic E-state index is 0.122. The molecule has 0 bridgehead atoms. The van der Waals surface area contributed by atoms with Crippen molar-refractivity contribution < 1.29 is 27.4 Å². The van der Waals surface area contributed by atoms with Gasteiger partial charge in [-0.1, -0.05) is 24.3 Å². The molecule has 4 nitrogen and oxygen atoms in total. The summed E-state index contributed by atoms with van der Waals surface area (Å²) in [6, 6.07) is 10.2. The number of para-hydroxylation sites is 1. The van der Waals surface area contributed by atoms with Gasteiger partial charge in [0.15, 0.2) is 11.5 Å². The molecule has 7 heteroatoms. The molecular formula is C15H12F3NO3. The third kappa shape index (κ3) is 2.94. The quantitative estimate of drug-likeness (QED) is 0.944. The van der Waals surface area contributed by atoms with Crippen LogP contribution in [0, 0.1) is 0 Å². The molecule has 0 fully saturated rings. The van der Waals surface area contributed by atoms with Crippen molar-refractivity contribution in [1.29, 1.82) is 0 Å². The fraction of sp³-hybridized carbons (Fsp3) is 0.200. The Morgan fingerprint density at radius 3 is 2.45 bits per heavy atom. The van der Waals surface area contributed by atoms with Gasteiger partial charge in [0.2, 0.25) is 6.79 Å². The molecular weight excluding hydrogens is 299 g/mol. The van der Waals surface area contributed by atoms with Gasteiger partial charge >= 0.3 is 6.36 Å². The number of hydrogen-bond acceptors (Lipinski definition) is 4. The number of ether oxygens (including phenoxy) is 3. The predicted octanol–water partition coefficient (Wildman–Crippen LogP) is 3.36. The average molecular weight is 311 g/mol. The average Bonchev–Trinajstić information content (AvgIpc) is 2.94. The highest BCUT2D eigenvalue weighted by Gasteiger charge is 2.31. The molecule has 1 atom stereocenters. The topological polar surface area (TPSA) is 53.7 Å². The number of benzene rings is 2. The first-order valence-corrected chi connectivity index (χ1v) is 6.44. The van der Waals surface area contributed by atoms with Crippen LogP contribution >= 0.6 is 0 Å². The molecule has 0 amide bonds. The summed E-state index contributed by atoms with van der Waals surface area (Å²) in [4.78, 5) is 0. The molecule has 0 unspecified atom stereocenters. The van der Waals surface area contributed by atoms with Crippen molar-refractivity contribution in [2.45, 2.75) is 12.4 Å². The maximum absolute atomic E-state index is 12.1. The van der Waals surface area contributed by atoms with E-state index in [0.717, 1.165) is 0 Å². The molecule has 0 radical (unpaired) electrons. The summed E-state index contributed by atoms with van der Waals surface area (Å²) in [7, 11) is 0. The second kappa shape index (κ2) is 5.42. The molecule has 0 saturated heterocycles. The van der Waals surface area contributed by atoms with Gasteiger partial charge in [0.25, 0.3) is 0 Å². The fourth-order valence-electron chi connectivity index (χ4n) is 2.25. The lowest BCUT2D eigenvalue weighted by Gasteiger charge is -2.15. The van der Waals surface area contributed by atoms with Crippen molar-refractivity contribution in [2.75, 3.05) is 6.79 Å². The Kier molecular flexibility index (Phi) is 3.58. The van der Waals surface area contributed by atoms with E-state index in [1.54, 1.807) is 18.2 Å². The Bertz CT molecular complexity index is 671. The van der Waals surface area contributed by atoms with Crippen LogP contribution in [0.25, 0.3) is 0 Å². The maximum atomic E-state index is 12.1. The lowest BCUT2D eigenvalue weighted by molar-refractivity contribution is -0.274. The highest BCUT2D eigenvalue weighted by molar-refractivity contribution is 5.52. The SMILES string of the molecule is N[C@H](c1ccc(OC(F)(F)F)cc1)c1cccc2c1OCO2. The molecule has 1 aliphatic rings. The van der Waals surface area contributed by atoms with E-state index < -0.39 is 12.4 Å². The molecule has 3 rings (SSSR count). The number of rotatable bonds is 3. The number of nitrogens with two attached hydrogens (primary N) is 1. The smallest absolute Gasteiger partial charge is 0.454 e. The Labute approximate surface area is 124 Å². The zero-order chi connectivity index (χ0) is 15.7. The van der Waals surface area contributed by atoms with Crippen molar-refractivity contribution in [1.82, 2.24) is 0 Å². The van der Waals surface area contributed by atoms with Crippen LogP contribution < -0.4 is 19.9 Å². The van der Waals surface area contributed by atoms with Crippen LogP contribution in [0.5, 0.6) is 17.2 Å². The minimum Gasteiger partial charge on any atom is -0.454 e. The van der Waals surface area contributed by atoms with Crippen LogP contribution in [0.15, 0.2) is 42.5 Å². The minimum atomic E-state index is -4.71. The van der Waals surface area contributed by atoms with E-state index in [4.69, 9.17) is 15.2 Å². The lowest BCUT2D eigenvalue weighted by atomic mass is 9.98. The van der Waals surface area contributed by atoms with E-state index in [1.165, 1.54) is 24.3 Å². The summed E-state index contributed by atoms with van der Waals surface area (Å²) in [6.45, 7) is 0.122. The monoisotopic (exact) mass is 311 g/mol. The van der Waals surface area contributed by atoms with E-state index in [0.29, 0.717) is 22.6 Å². The van der Waals surface area contributed by atoms with Crippen LogP contribution in [0.3, 0.4) is 0 Å². The van der Waals surface area contributed by atoms with E-state index in [-0.39, 0.29) is 12.5 Å². The molecule has 2 aromatic carbocycles. The number of hydrogen-bond donors (Lipinski definition) is 1. The summed E-state index contributed by atoms with van der Waals surface area (Å²) in [5, 5.41) is 0. The summed E-state index contributed by atoms with van der Waals surface area (Å²) >= 11 is 0. The predicted molar refractivity (Wildman–Crippen MR) is 71.7 cm³/mol. The van der Waals surface area contributed by atoms with Crippen molar-refractivity contribution in [3.63, 3.8) is 0 Å². The van der Waals surface area contributed by atoms with Crippen LogP contribution in [0.4, 0.5) is 13.2 Å². The van der Waals surface area contributed by atoms with Crippen LogP contribution in [-0.2, 0) is 0 Å². The summed E-state index contributed by atoms with van der Waals surface area (Å²) in [5.74, 6) is 0.872. The zero-order valence-corrected chi connectivity index (χ0v) is 11.3. The first-order chi connectivity index (χ1) is 10.4. The second-order valence-electron chi connectivity index (χ2n) is 4.68. The normalized spacial score (nSPS) is 14.7. The summed E-state index contributed by atoms with van der Waals surface area (Å²) in [6.07, 6.45) is -4.71. The van der Waals surface area contributed by atoms with Gasteiger partial charge in [0.05, 0.1) is 6.04 Å². The highest BCUT2D eigenvalue weighted by Crippen LogP contribution is 2.39.